The van der Waals surface area contributed by atoms with Gasteiger partial charge in [0.05, 0.1) is 0 Å². The van der Waals surface area contributed by atoms with Crippen LogP contribution in [0.15, 0.2) is 42.5 Å². The number of carbonyl (C=O) groups is 1. The van der Waals surface area contributed by atoms with Crippen molar-refractivity contribution >= 4 is 11.6 Å². The molecule has 1 saturated carbocycles. The number of amides is 1. The molecule has 2 aromatic rings. The summed E-state index contributed by atoms with van der Waals surface area (Å²) in [5.74, 6) is 0.259. The van der Waals surface area contributed by atoms with E-state index in [1.54, 1.807) is 11.1 Å². The van der Waals surface area contributed by atoms with Crippen LogP contribution in [0.4, 0.5) is 5.69 Å². The van der Waals surface area contributed by atoms with Gasteiger partial charge in [0.2, 0.25) is 5.91 Å². The molecule has 29 heavy (non-hydrogen) atoms. The van der Waals surface area contributed by atoms with E-state index in [9.17, 15) is 4.79 Å². The fourth-order valence-corrected chi connectivity index (χ4v) is 5.49. The van der Waals surface area contributed by atoms with Crippen molar-refractivity contribution in [3.63, 3.8) is 0 Å². The maximum Gasteiger partial charge on any atom is 0.227 e. The minimum Gasteiger partial charge on any atom is -0.312 e. The Balaban J connectivity index is 1.25. The summed E-state index contributed by atoms with van der Waals surface area (Å²) in [5.41, 5.74) is 6.88. The molecule has 1 amide bonds. The SMILES string of the molecule is O=C1CCCN1c1ccc(Cc2ccc3c(c2)CCN(C2CCCC2)CC3)cc1. The Bertz CT molecular complexity index is 867. The number of rotatable bonds is 4. The minimum absolute atomic E-state index is 0.259. The smallest absolute Gasteiger partial charge is 0.227 e. The zero-order valence-corrected chi connectivity index (χ0v) is 17.4. The van der Waals surface area contributed by atoms with Crippen molar-refractivity contribution < 1.29 is 4.79 Å². The Kier molecular flexibility index (Phi) is 5.41. The van der Waals surface area contributed by atoms with Crippen LogP contribution in [0, 0.1) is 0 Å². The molecule has 5 rings (SSSR count). The van der Waals surface area contributed by atoms with Gasteiger partial charge in [-0.2, -0.15) is 0 Å². The lowest BCUT2D eigenvalue weighted by atomic mass is 9.96. The van der Waals surface area contributed by atoms with E-state index in [-0.39, 0.29) is 5.91 Å². The van der Waals surface area contributed by atoms with E-state index in [4.69, 9.17) is 0 Å². The normalized spacial score (nSPS) is 20.8. The highest BCUT2D eigenvalue weighted by molar-refractivity contribution is 5.95. The number of hydrogen-bond donors (Lipinski definition) is 0. The summed E-state index contributed by atoms with van der Waals surface area (Å²) >= 11 is 0. The van der Waals surface area contributed by atoms with Crippen molar-refractivity contribution in [1.82, 2.24) is 4.90 Å². The number of fused-ring (bicyclic) bond motifs is 1. The van der Waals surface area contributed by atoms with Crippen molar-refractivity contribution in [1.29, 1.82) is 0 Å². The van der Waals surface area contributed by atoms with E-state index in [0.717, 1.165) is 31.1 Å². The lowest BCUT2D eigenvalue weighted by Gasteiger charge is -2.26. The third kappa shape index (κ3) is 4.11. The third-order valence-electron chi connectivity index (χ3n) is 7.18. The van der Waals surface area contributed by atoms with Gasteiger partial charge in [0.1, 0.15) is 0 Å². The van der Waals surface area contributed by atoms with Crippen LogP contribution in [-0.4, -0.2) is 36.5 Å². The summed E-state index contributed by atoms with van der Waals surface area (Å²) in [6.45, 7) is 3.31. The molecule has 2 fully saturated rings. The van der Waals surface area contributed by atoms with E-state index >= 15 is 0 Å². The van der Waals surface area contributed by atoms with Crippen molar-refractivity contribution in [3.05, 3.63) is 64.7 Å². The van der Waals surface area contributed by atoms with Gasteiger partial charge in [0.15, 0.2) is 0 Å². The molecule has 1 saturated heterocycles. The molecule has 3 nitrogen and oxygen atoms in total. The summed E-state index contributed by atoms with van der Waals surface area (Å²) < 4.78 is 0. The fraction of sp³-hybridized carbons (Fsp3) is 0.500. The van der Waals surface area contributed by atoms with Crippen LogP contribution < -0.4 is 4.90 Å². The molecule has 0 bridgehead atoms. The van der Waals surface area contributed by atoms with Crippen molar-refractivity contribution in [2.75, 3.05) is 24.5 Å². The van der Waals surface area contributed by atoms with Crippen LogP contribution in [-0.2, 0) is 24.1 Å². The van der Waals surface area contributed by atoms with Crippen molar-refractivity contribution in [3.8, 4) is 0 Å². The molecule has 0 radical (unpaired) electrons. The highest BCUT2D eigenvalue weighted by Gasteiger charge is 2.24. The molecule has 2 aliphatic heterocycles. The average Bonchev–Trinajstić information content (AvgIpc) is 3.37. The first kappa shape index (κ1) is 18.9. The number of nitrogens with zero attached hydrogens (tertiary/aromatic N) is 2. The van der Waals surface area contributed by atoms with E-state index in [1.165, 1.54) is 62.7 Å². The van der Waals surface area contributed by atoms with E-state index in [0.29, 0.717) is 6.42 Å². The predicted molar refractivity (Wildman–Crippen MR) is 119 cm³/mol. The van der Waals surface area contributed by atoms with Crippen LogP contribution in [0.3, 0.4) is 0 Å². The monoisotopic (exact) mass is 388 g/mol. The molecule has 0 spiro atoms. The maximum atomic E-state index is 11.9. The maximum absolute atomic E-state index is 11.9. The molecule has 0 unspecified atom stereocenters. The molecule has 3 aliphatic rings. The van der Waals surface area contributed by atoms with Gasteiger partial charge in [-0.25, -0.2) is 0 Å². The third-order valence-corrected chi connectivity index (χ3v) is 7.18. The zero-order chi connectivity index (χ0) is 19.6. The van der Waals surface area contributed by atoms with Gasteiger partial charge in [-0.15, -0.1) is 0 Å². The van der Waals surface area contributed by atoms with Crippen LogP contribution in [0.5, 0.6) is 0 Å². The van der Waals surface area contributed by atoms with Gasteiger partial charge in [0, 0.05) is 37.8 Å². The van der Waals surface area contributed by atoms with Crippen LogP contribution in [0.2, 0.25) is 0 Å². The second-order valence-corrected chi connectivity index (χ2v) is 9.07. The summed E-state index contributed by atoms with van der Waals surface area (Å²) in [6, 6.07) is 16.6. The first-order valence-electron chi connectivity index (χ1n) is 11.5. The summed E-state index contributed by atoms with van der Waals surface area (Å²) in [6.07, 6.45) is 10.7. The lowest BCUT2D eigenvalue weighted by Crippen LogP contribution is -2.35. The van der Waals surface area contributed by atoms with Crippen LogP contribution >= 0.6 is 0 Å². The van der Waals surface area contributed by atoms with Gasteiger partial charge >= 0.3 is 0 Å². The molecular formula is C26H32N2O. The van der Waals surface area contributed by atoms with Crippen molar-refractivity contribution in [2.24, 2.45) is 0 Å². The van der Waals surface area contributed by atoms with Gasteiger partial charge in [-0.1, -0.05) is 43.2 Å². The molecule has 152 valence electrons. The Morgan fingerprint density at radius 3 is 2.21 bits per heavy atom. The van der Waals surface area contributed by atoms with Gasteiger partial charge in [-0.05, 0) is 72.9 Å². The lowest BCUT2D eigenvalue weighted by molar-refractivity contribution is -0.117. The molecule has 2 heterocycles. The molecule has 0 N–H and O–H groups in total. The topological polar surface area (TPSA) is 23.6 Å². The van der Waals surface area contributed by atoms with Crippen LogP contribution in [0.25, 0.3) is 0 Å². The summed E-state index contributed by atoms with van der Waals surface area (Å²) in [5, 5.41) is 0. The Morgan fingerprint density at radius 2 is 1.48 bits per heavy atom. The molecule has 3 heteroatoms. The number of hydrogen-bond acceptors (Lipinski definition) is 2. The number of anilines is 1. The van der Waals surface area contributed by atoms with E-state index in [1.807, 2.05) is 4.90 Å². The summed E-state index contributed by atoms with van der Waals surface area (Å²) in [4.78, 5) is 16.6. The first-order chi connectivity index (χ1) is 14.3. The van der Waals surface area contributed by atoms with E-state index < -0.39 is 0 Å². The Labute approximate surface area is 174 Å². The molecule has 0 aromatic heterocycles. The van der Waals surface area contributed by atoms with Crippen molar-refractivity contribution in [2.45, 2.75) is 63.8 Å². The van der Waals surface area contributed by atoms with E-state index in [2.05, 4.69) is 47.4 Å². The summed E-state index contributed by atoms with van der Waals surface area (Å²) in [7, 11) is 0. The van der Waals surface area contributed by atoms with Crippen LogP contribution in [0.1, 0.15) is 60.8 Å². The average molecular weight is 389 g/mol. The molecule has 1 aliphatic carbocycles. The Morgan fingerprint density at radius 1 is 0.759 bits per heavy atom. The second-order valence-electron chi connectivity index (χ2n) is 9.07. The minimum atomic E-state index is 0.259. The number of benzene rings is 2. The highest BCUT2D eigenvalue weighted by atomic mass is 16.2. The highest BCUT2D eigenvalue weighted by Crippen LogP contribution is 2.27. The van der Waals surface area contributed by atoms with Gasteiger partial charge in [0.25, 0.3) is 0 Å². The molecule has 0 atom stereocenters. The predicted octanol–water partition coefficient (Wildman–Crippen LogP) is 4.75. The largest absolute Gasteiger partial charge is 0.312 e. The number of carbonyl (C=O) groups excluding carboxylic acids is 1. The van der Waals surface area contributed by atoms with Gasteiger partial charge in [-0.3, -0.25) is 9.69 Å². The fourth-order valence-electron chi connectivity index (χ4n) is 5.49. The first-order valence-corrected chi connectivity index (χ1v) is 11.5. The van der Waals surface area contributed by atoms with Gasteiger partial charge < -0.3 is 4.90 Å². The molecule has 2 aromatic carbocycles. The zero-order valence-electron chi connectivity index (χ0n) is 17.4. The Hall–Kier alpha value is -2.13. The standard InChI is InChI=1S/C26H32N2O/c29-26-6-3-15-28(26)25-11-8-20(9-12-25)18-21-7-10-22-13-16-27(17-14-23(22)19-21)24-4-1-2-5-24/h7-12,19,24H,1-6,13-18H2. The quantitative estimate of drug-likeness (QED) is 0.755. The second kappa shape index (κ2) is 8.31. The molecular weight excluding hydrogens is 356 g/mol.